The maximum atomic E-state index is 12.4. The number of hydrogen-bond acceptors (Lipinski definition) is 6. The summed E-state index contributed by atoms with van der Waals surface area (Å²) in [5.74, 6) is -3.36. The molecule has 2 aromatic rings. The number of morpholine rings is 1. The van der Waals surface area contributed by atoms with Crippen LogP contribution in [-0.2, 0) is 16.1 Å². The third-order valence-electron chi connectivity index (χ3n) is 4.96. The summed E-state index contributed by atoms with van der Waals surface area (Å²) in [6, 6.07) is 12.2. The summed E-state index contributed by atoms with van der Waals surface area (Å²) in [7, 11) is 0. The van der Waals surface area contributed by atoms with E-state index in [1.165, 1.54) is 12.1 Å². The Balaban J connectivity index is 0.000000572. The van der Waals surface area contributed by atoms with E-state index in [-0.39, 0.29) is 11.5 Å². The number of aromatic carboxylic acids is 1. The highest BCUT2D eigenvalue weighted by molar-refractivity contribution is 5.97. The second kappa shape index (κ2) is 13.4. The van der Waals surface area contributed by atoms with E-state index >= 15 is 0 Å². The van der Waals surface area contributed by atoms with Crippen LogP contribution in [-0.4, -0.2) is 78.6 Å². The van der Waals surface area contributed by atoms with Gasteiger partial charge in [0.2, 0.25) is 0 Å². The Bertz CT molecular complexity index is 1050. The third-order valence-corrected chi connectivity index (χ3v) is 4.96. The van der Waals surface area contributed by atoms with Crippen LogP contribution in [0.1, 0.15) is 31.8 Å². The average Bonchev–Trinajstić information content (AvgIpc) is 2.83. The lowest BCUT2D eigenvalue weighted by atomic mass is 10.1. The predicted molar refractivity (Wildman–Crippen MR) is 122 cm³/mol. The molecule has 0 aromatic heterocycles. The predicted octanol–water partition coefficient (Wildman–Crippen LogP) is 2.97. The number of amides is 1. The average molecular weight is 512 g/mol. The Morgan fingerprint density at radius 2 is 1.69 bits per heavy atom. The van der Waals surface area contributed by atoms with Gasteiger partial charge in [-0.15, -0.1) is 0 Å². The number of hydrogen-bond donors (Lipinski definition) is 3. The van der Waals surface area contributed by atoms with Gasteiger partial charge >= 0.3 is 18.1 Å². The van der Waals surface area contributed by atoms with Crippen molar-refractivity contribution in [3.05, 3.63) is 64.7 Å². The van der Waals surface area contributed by atoms with Gasteiger partial charge in [0.25, 0.3) is 5.91 Å². The zero-order chi connectivity index (χ0) is 26.7. The van der Waals surface area contributed by atoms with Crippen molar-refractivity contribution >= 4 is 17.8 Å². The summed E-state index contributed by atoms with van der Waals surface area (Å²) < 4.78 is 42.9. The first kappa shape index (κ1) is 28.6. The Morgan fingerprint density at radius 3 is 2.31 bits per heavy atom. The molecule has 0 radical (unpaired) electrons. The number of nitrogens with zero attached hydrogens (tertiary/aromatic N) is 1. The van der Waals surface area contributed by atoms with Crippen LogP contribution >= 0.6 is 0 Å². The van der Waals surface area contributed by atoms with Crippen molar-refractivity contribution < 1.29 is 47.2 Å². The normalized spacial score (nSPS) is 13.8. The zero-order valence-corrected chi connectivity index (χ0v) is 19.5. The zero-order valence-electron chi connectivity index (χ0n) is 19.5. The van der Waals surface area contributed by atoms with Crippen LogP contribution in [0.3, 0.4) is 0 Å². The molecule has 1 aliphatic heterocycles. The Hall–Kier alpha value is -3.64. The molecule has 0 atom stereocenters. The first-order chi connectivity index (χ1) is 17.0. The molecular weight excluding hydrogens is 485 g/mol. The number of aliphatic carboxylic acids is 1. The van der Waals surface area contributed by atoms with E-state index in [9.17, 15) is 22.8 Å². The van der Waals surface area contributed by atoms with E-state index in [0.29, 0.717) is 18.7 Å². The van der Waals surface area contributed by atoms with Gasteiger partial charge in [0.15, 0.2) is 0 Å². The molecule has 36 heavy (non-hydrogen) atoms. The molecule has 2 aromatic carbocycles. The number of halogens is 3. The molecule has 1 saturated heterocycles. The minimum absolute atomic E-state index is 0.103. The van der Waals surface area contributed by atoms with Gasteiger partial charge in [-0.05, 0) is 48.4 Å². The minimum Gasteiger partial charge on any atom is -0.492 e. The first-order valence-electron chi connectivity index (χ1n) is 10.9. The Labute approximate surface area is 205 Å². The first-order valence-corrected chi connectivity index (χ1v) is 10.9. The van der Waals surface area contributed by atoms with Crippen LogP contribution < -0.4 is 10.1 Å². The molecule has 1 aliphatic rings. The van der Waals surface area contributed by atoms with Crippen molar-refractivity contribution in [2.75, 3.05) is 39.5 Å². The monoisotopic (exact) mass is 512 g/mol. The largest absolute Gasteiger partial charge is 0.492 e. The summed E-state index contributed by atoms with van der Waals surface area (Å²) >= 11 is 0. The number of ether oxygens (including phenoxy) is 2. The number of aryl methyl sites for hydroxylation is 1. The number of carboxylic acids is 2. The van der Waals surface area contributed by atoms with E-state index < -0.39 is 18.1 Å². The van der Waals surface area contributed by atoms with Gasteiger partial charge in [-0.2, -0.15) is 13.2 Å². The maximum absolute atomic E-state index is 12.4. The molecule has 12 heteroatoms. The molecule has 0 bridgehead atoms. The van der Waals surface area contributed by atoms with Crippen LogP contribution in [0.2, 0.25) is 0 Å². The van der Waals surface area contributed by atoms with Gasteiger partial charge < -0.3 is 25.0 Å². The summed E-state index contributed by atoms with van der Waals surface area (Å²) in [5, 5.41) is 19.1. The number of carbonyl (C=O) groups excluding carboxylic acids is 1. The highest BCUT2D eigenvalue weighted by atomic mass is 19.4. The van der Waals surface area contributed by atoms with Gasteiger partial charge in [-0.3, -0.25) is 9.69 Å². The van der Waals surface area contributed by atoms with Crippen molar-refractivity contribution in [2.24, 2.45) is 0 Å². The van der Waals surface area contributed by atoms with Crippen LogP contribution in [0.25, 0.3) is 0 Å². The van der Waals surface area contributed by atoms with Gasteiger partial charge in [-0.1, -0.05) is 12.1 Å². The van der Waals surface area contributed by atoms with E-state index in [4.69, 9.17) is 24.5 Å². The summed E-state index contributed by atoms with van der Waals surface area (Å²) in [4.78, 5) is 34.8. The number of carboxylic acid groups (broad SMARTS) is 2. The Kier molecular flexibility index (Phi) is 10.7. The SMILES string of the molecule is Cc1cc(C(=O)O)cc(C(=O)NCc2cccc(OCCN3CCOCC3)c2)c1.O=C(O)C(F)(F)F. The van der Waals surface area contributed by atoms with Crippen LogP contribution in [0, 0.1) is 6.92 Å². The maximum Gasteiger partial charge on any atom is 0.490 e. The number of nitrogens with one attached hydrogen (secondary N) is 1. The van der Waals surface area contributed by atoms with E-state index in [1.54, 1.807) is 13.0 Å². The molecule has 9 nitrogen and oxygen atoms in total. The van der Waals surface area contributed by atoms with Crippen LogP contribution in [0.4, 0.5) is 13.2 Å². The fourth-order valence-corrected chi connectivity index (χ4v) is 3.18. The summed E-state index contributed by atoms with van der Waals surface area (Å²) in [6.07, 6.45) is -5.08. The molecule has 1 fully saturated rings. The van der Waals surface area contributed by atoms with Gasteiger partial charge in [0.05, 0.1) is 18.8 Å². The van der Waals surface area contributed by atoms with E-state index in [2.05, 4.69) is 10.2 Å². The highest BCUT2D eigenvalue weighted by Crippen LogP contribution is 2.15. The van der Waals surface area contributed by atoms with Gasteiger partial charge in [-0.25, -0.2) is 9.59 Å². The topological polar surface area (TPSA) is 125 Å². The molecular formula is C24H27F3N2O7. The Morgan fingerprint density at radius 1 is 1.06 bits per heavy atom. The summed E-state index contributed by atoms with van der Waals surface area (Å²) in [5.41, 5.74) is 2.07. The molecule has 1 amide bonds. The number of alkyl halides is 3. The fourth-order valence-electron chi connectivity index (χ4n) is 3.18. The van der Waals surface area contributed by atoms with Crippen LogP contribution in [0.15, 0.2) is 42.5 Å². The molecule has 0 saturated carbocycles. The lowest BCUT2D eigenvalue weighted by Crippen LogP contribution is -2.38. The second-order valence-corrected chi connectivity index (χ2v) is 7.83. The lowest BCUT2D eigenvalue weighted by molar-refractivity contribution is -0.192. The third kappa shape index (κ3) is 9.92. The molecule has 0 unspecified atom stereocenters. The van der Waals surface area contributed by atoms with Crippen molar-refractivity contribution in [3.8, 4) is 5.75 Å². The molecule has 0 spiro atoms. The molecule has 196 valence electrons. The van der Waals surface area contributed by atoms with Crippen molar-refractivity contribution in [1.29, 1.82) is 0 Å². The minimum atomic E-state index is -5.08. The fraction of sp³-hybridized carbons (Fsp3) is 0.375. The van der Waals surface area contributed by atoms with Crippen molar-refractivity contribution in [3.63, 3.8) is 0 Å². The quantitative estimate of drug-likeness (QED) is 0.493. The standard InChI is InChI=1S/C22H26N2O5.C2HF3O2/c1-16-11-18(14-19(12-16)22(26)27)21(25)23-15-17-3-2-4-20(13-17)29-10-7-24-5-8-28-9-6-24;3-2(4,5)1(6)7/h2-4,11-14H,5-10,15H2,1H3,(H,23,25)(H,26,27);(H,6,7). The number of benzene rings is 2. The summed E-state index contributed by atoms with van der Waals surface area (Å²) in [6.45, 7) is 6.93. The second-order valence-electron chi connectivity index (χ2n) is 7.83. The van der Waals surface area contributed by atoms with E-state index in [0.717, 1.165) is 49.7 Å². The number of rotatable bonds is 8. The van der Waals surface area contributed by atoms with Crippen molar-refractivity contribution in [2.45, 2.75) is 19.6 Å². The van der Waals surface area contributed by atoms with E-state index in [1.807, 2.05) is 24.3 Å². The van der Waals surface area contributed by atoms with Gasteiger partial charge in [0.1, 0.15) is 12.4 Å². The van der Waals surface area contributed by atoms with Crippen molar-refractivity contribution in [1.82, 2.24) is 10.2 Å². The molecule has 1 heterocycles. The molecule has 3 N–H and O–H groups in total. The van der Waals surface area contributed by atoms with Crippen LogP contribution in [0.5, 0.6) is 5.75 Å². The smallest absolute Gasteiger partial charge is 0.490 e. The number of carbonyl (C=O) groups is 3. The highest BCUT2D eigenvalue weighted by Gasteiger charge is 2.38. The van der Waals surface area contributed by atoms with Gasteiger partial charge in [0, 0.05) is 31.7 Å². The lowest BCUT2D eigenvalue weighted by Gasteiger charge is -2.26. The molecule has 0 aliphatic carbocycles. The molecule has 3 rings (SSSR count).